The average molecular weight is 484 g/mol. The highest BCUT2D eigenvalue weighted by molar-refractivity contribution is 8.00. The van der Waals surface area contributed by atoms with Gasteiger partial charge in [0.05, 0.1) is 23.3 Å². The first-order chi connectivity index (χ1) is 12.7. The molecule has 16 nitrogen and oxygen atoms in total. The maximum atomic E-state index is 11.8. The lowest BCUT2D eigenvalue weighted by molar-refractivity contribution is 0.125. The molecule has 0 amide bonds. The van der Waals surface area contributed by atoms with Gasteiger partial charge in [-0.2, -0.15) is 13.6 Å². The molecule has 0 aromatic carbocycles. The zero-order valence-corrected chi connectivity index (χ0v) is 17.0. The second-order valence-electron chi connectivity index (χ2n) is 5.22. The summed E-state index contributed by atoms with van der Waals surface area (Å²) >= 11 is 0.953. The number of rotatable bonds is 8. The van der Waals surface area contributed by atoms with Crippen LogP contribution in [-0.4, -0.2) is 57.2 Å². The summed E-state index contributed by atoms with van der Waals surface area (Å²) in [5.74, 6) is -0.242. The molecule has 1 aromatic rings. The smallest absolute Gasteiger partial charge is 0.392 e. The van der Waals surface area contributed by atoms with E-state index in [2.05, 4.69) is 23.1 Å². The number of aliphatic hydroxyl groups is 1. The van der Waals surface area contributed by atoms with Crippen LogP contribution in [0.25, 0.3) is 0 Å². The highest BCUT2D eigenvalue weighted by atomic mass is 32.2. The van der Waals surface area contributed by atoms with E-state index in [1.54, 1.807) is 0 Å². The number of nitrogen functional groups attached to an aromatic ring is 1. The minimum absolute atomic E-state index is 0.0161. The summed E-state index contributed by atoms with van der Waals surface area (Å²) in [6.45, 7) is -0.684. The van der Waals surface area contributed by atoms with Gasteiger partial charge in [-0.25, -0.2) is 23.5 Å². The normalized spacial score (nSPS) is 27.2. The second-order valence-corrected chi connectivity index (χ2v) is 11.1. The highest BCUT2D eigenvalue weighted by Crippen LogP contribution is 2.66. The number of phosphoric ester groups is 1. The van der Waals surface area contributed by atoms with Crippen LogP contribution in [0.15, 0.2) is 11.1 Å². The second kappa shape index (κ2) is 8.60. The molecule has 0 aliphatic carbocycles. The largest absolute Gasteiger partial charge is 0.490 e. The van der Waals surface area contributed by atoms with Crippen LogP contribution in [-0.2, 0) is 26.8 Å². The quantitative estimate of drug-likeness (QED) is 0.240. The Morgan fingerprint density at radius 2 is 1.86 bits per heavy atom. The fraction of sp³-hybridized carbons (Fsp3) is 0.625. The molecule has 1 saturated heterocycles. The molecule has 2 rings (SSSR count). The number of nitrogens with two attached hydrogens (primary N) is 1. The molecule has 2 heterocycles. The molecule has 5 atom stereocenters. The van der Waals surface area contributed by atoms with E-state index in [0.717, 1.165) is 22.7 Å². The number of phosphoric acid groups is 3. The first-order valence-electron chi connectivity index (χ1n) is 7.00. The predicted molar refractivity (Wildman–Crippen MR) is 91.6 cm³/mol. The first kappa shape index (κ1) is 23.6. The van der Waals surface area contributed by atoms with Crippen molar-refractivity contribution in [1.82, 2.24) is 14.5 Å². The Labute approximate surface area is 160 Å². The molecule has 20 heteroatoms. The lowest BCUT2D eigenvalue weighted by atomic mass is 10.2. The van der Waals surface area contributed by atoms with Crippen molar-refractivity contribution in [3.8, 4) is 0 Å². The van der Waals surface area contributed by atoms with E-state index in [1.165, 1.54) is 0 Å². The molecule has 1 aromatic heterocycles. The van der Waals surface area contributed by atoms with Gasteiger partial charge < -0.3 is 30.4 Å². The van der Waals surface area contributed by atoms with E-state index in [-0.39, 0.29) is 12.4 Å². The third-order valence-corrected chi connectivity index (χ3v) is 8.41. The maximum Gasteiger partial charge on any atom is 0.490 e. The Hall–Kier alpha value is -0.670. The molecule has 3 unspecified atom stereocenters. The van der Waals surface area contributed by atoms with Crippen molar-refractivity contribution in [2.75, 3.05) is 12.3 Å². The molecule has 1 aliphatic rings. The summed E-state index contributed by atoms with van der Waals surface area (Å²) in [6.07, 6.45) is 0.00827. The van der Waals surface area contributed by atoms with Crippen molar-refractivity contribution in [2.24, 2.45) is 0 Å². The molecule has 1 aliphatic heterocycles. The van der Waals surface area contributed by atoms with Gasteiger partial charge in [0.15, 0.2) is 0 Å². The molecular formula is C8H15N4O12P3S. The van der Waals surface area contributed by atoms with Crippen molar-refractivity contribution in [3.05, 3.63) is 16.8 Å². The van der Waals surface area contributed by atoms with Gasteiger partial charge in [0, 0.05) is 6.42 Å². The number of thioether (sulfide) groups is 1. The van der Waals surface area contributed by atoms with E-state index in [0.29, 0.717) is 0 Å². The molecule has 28 heavy (non-hydrogen) atoms. The average Bonchev–Trinajstić information content (AvgIpc) is 2.82. The minimum Gasteiger partial charge on any atom is -0.392 e. The number of aromatic nitrogens is 3. The molecule has 0 saturated carbocycles. The van der Waals surface area contributed by atoms with E-state index < -0.39 is 52.5 Å². The molecule has 1 fully saturated rings. The Morgan fingerprint density at radius 1 is 1.21 bits per heavy atom. The zero-order chi connectivity index (χ0) is 21.3. The molecular weight excluding hydrogens is 469 g/mol. The molecule has 160 valence electrons. The predicted octanol–water partition coefficient (Wildman–Crippen LogP) is -1.07. The topological polar surface area (TPSA) is 254 Å². The van der Waals surface area contributed by atoms with Crippen LogP contribution < -0.4 is 11.4 Å². The molecule has 7 N–H and O–H groups in total. The minimum atomic E-state index is -5.63. The standard InChI is InChI=1S/C8H15N4O12P3S/c9-7-10-3-12(8(14)11-7)6-1-4(13)5(28-6)2-22-26(18,19)24-27(20,21)23-25(15,16)17/h3-6,13H,1-2H2,(H,18,19)(H,20,21)(H2,9,11,14)(H2,15,16,17)/t4?,5-,6-/m1/s1. The van der Waals surface area contributed by atoms with Gasteiger partial charge in [-0.1, -0.05) is 0 Å². The fourth-order valence-corrected chi connectivity index (χ4v) is 6.63. The lowest BCUT2D eigenvalue weighted by Crippen LogP contribution is -2.26. The summed E-state index contributed by atoms with van der Waals surface area (Å²) in [4.78, 5) is 54.2. The fourth-order valence-electron chi connectivity index (χ4n) is 2.06. The summed E-state index contributed by atoms with van der Waals surface area (Å²) < 4.78 is 46.2. The van der Waals surface area contributed by atoms with Gasteiger partial charge in [-0.3, -0.25) is 9.09 Å². The first-order valence-corrected chi connectivity index (χ1v) is 12.5. The number of hydrogen-bond donors (Lipinski definition) is 6. The van der Waals surface area contributed by atoms with Crippen molar-refractivity contribution in [2.45, 2.75) is 23.1 Å². The van der Waals surface area contributed by atoms with Gasteiger partial charge in [-0.15, -0.1) is 11.8 Å². The van der Waals surface area contributed by atoms with Crippen molar-refractivity contribution < 1.29 is 51.5 Å². The van der Waals surface area contributed by atoms with Crippen LogP contribution in [0.5, 0.6) is 0 Å². The van der Waals surface area contributed by atoms with Crippen molar-refractivity contribution in [1.29, 1.82) is 0 Å². The summed E-state index contributed by atoms with van der Waals surface area (Å²) in [5.41, 5.74) is 4.55. The number of aliphatic hydroxyl groups excluding tert-OH is 1. The molecule has 0 spiro atoms. The SMILES string of the molecule is Nc1ncn([C@H]2CC(O)[C@@H](COP(=O)(O)OP(=O)(O)OP(=O)(O)O)S2)c(=O)n1. The summed E-state index contributed by atoms with van der Waals surface area (Å²) in [5, 5.41) is 8.49. The Balaban J connectivity index is 1.98. The summed E-state index contributed by atoms with van der Waals surface area (Å²) in [6, 6.07) is 0. The van der Waals surface area contributed by atoms with Crippen LogP contribution in [0.2, 0.25) is 0 Å². The molecule has 0 bridgehead atoms. The van der Waals surface area contributed by atoms with Crippen LogP contribution >= 0.6 is 35.2 Å². The number of anilines is 1. The maximum absolute atomic E-state index is 11.8. The van der Waals surface area contributed by atoms with Gasteiger partial charge >= 0.3 is 29.2 Å². The van der Waals surface area contributed by atoms with Crippen molar-refractivity contribution in [3.63, 3.8) is 0 Å². The third kappa shape index (κ3) is 6.99. The van der Waals surface area contributed by atoms with Gasteiger partial charge in [0.1, 0.15) is 6.33 Å². The van der Waals surface area contributed by atoms with E-state index >= 15 is 0 Å². The summed E-state index contributed by atoms with van der Waals surface area (Å²) in [7, 11) is -16.4. The number of nitrogens with zero attached hydrogens (tertiary/aromatic N) is 3. The van der Waals surface area contributed by atoms with E-state index in [4.69, 9.17) is 20.4 Å². The van der Waals surface area contributed by atoms with Gasteiger partial charge in [0.2, 0.25) is 5.95 Å². The third-order valence-electron chi connectivity index (χ3n) is 3.08. The monoisotopic (exact) mass is 484 g/mol. The zero-order valence-electron chi connectivity index (χ0n) is 13.5. The highest BCUT2D eigenvalue weighted by Gasteiger charge is 2.42. The van der Waals surface area contributed by atoms with Gasteiger partial charge in [-0.05, 0) is 0 Å². The van der Waals surface area contributed by atoms with E-state index in [1.807, 2.05) is 0 Å². The Morgan fingerprint density at radius 3 is 2.43 bits per heavy atom. The van der Waals surface area contributed by atoms with Crippen LogP contribution in [0, 0.1) is 0 Å². The van der Waals surface area contributed by atoms with Crippen LogP contribution in [0.3, 0.4) is 0 Å². The van der Waals surface area contributed by atoms with Crippen LogP contribution in [0.4, 0.5) is 5.95 Å². The van der Waals surface area contributed by atoms with Gasteiger partial charge in [0.25, 0.3) is 0 Å². The molecule has 0 radical (unpaired) electrons. The lowest BCUT2D eigenvalue weighted by Gasteiger charge is -2.18. The Kier molecular flexibility index (Phi) is 7.25. The number of hydrogen-bond acceptors (Lipinski definition) is 12. The van der Waals surface area contributed by atoms with Crippen molar-refractivity contribution >= 4 is 41.2 Å². The van der Waals surface area contributed by atoms with E-state index in [9.17, 15) is 28.5 Å². The Bertz CT molecular complexity index is 920. The van der Waals surface area contributed by atoms with Crippen LogP contribution in [0.1, 0.15) is 11.8 Å².